The molecule has 0 atom stereocenters. The van der Waals surface area contributed by atoms with Gasteiger partial charge >= 0.3 is 0 Å². The summed E-state index contributed by atoms with van der Waals surface area (Å²) >= 11 is 0. The molecule has 0 unspecified atom stereocenters. The number of nitrogens with zero attached hydrogens (tertiary/aromatic N) is 3. The van der Waals surface area contributed by atoms with Crippen LogP contribution in [0, 0.1) is 0 Å². The van der Waals surface area contributed by atoms with Crippen LogP contribution >= 0.6 is 24.8 Å². The van der Waals surface area contributed by atoms with Gasteiger partial charge in [-0.1, -0.05) is 31.9 Å². The van der Waals surface area contributed by atoms with Crippen molar-refractivity contribution >= 4 is 30.7 Å². The van der Waals surface area contributed by atoms with Gasteiger partial charge in [-0.3, -0.25) is 4.79 Å². The Morgan fingerprint density at radius 3 is 2.43 bits per heavy atom. The Balaban J connectivity index is 0.00000241. The zero-order chi connectivity index (χ0) is 24.7. The number of alkyl halides is 1. The van der Waals surface area contributed by atoms with Gasteiger partial charge in [0.05, 0.1) is 18.3 Å². The molecule has 1 aliphatic carbocycles. The maximum Gasteiger partial charge on any atom is 0.271 e. The predicted octanol–water partition coefficient (Wildman–Crippen LogP) is 6.21. The van der Waals surface area contributed by atoms with Gasteiger partial charge in [0.25, 0.3) is 5.91 Å². The van der Waals surface area contributed by atoms with Crippen LogP contribution in [-0.4, -0.2) is 59.5 Å². The van der Waals surface area contributed by atoms with Crippen LogP contribution in [-0.2, 0) is 6.42 Å². The van der Waals surface area contributed by atoms with E-state index in [1.807, 2.05) is 31.3 Å². The summed E-state index contributed by atoms with van der Waals surface area (Å²) in [7, 11) is 1.99. The van der Waals surface area contributed by atoms with E-state index in [0.29, 0.717) is 32.0 Å². The molecule has 2 aromatic rings. The Morgan fingerprint density at radius 2 is 1.78 bits per heavy atom. The topological polar surface area (TPSA) is 67.4 Å². The molecule has 0 radical (unpaired) electrons. The molecule has 1 N–H and O–H groups in total. The smallest absolute Gasteiger partial charge is 0.271 e. The third kappa shape index (κ3) is 8.79. The van der Waals surface area contributed by atoms with Crippen LogP contribution in [0.3, 0.4) is 0 Å². The highest BCUT2D eigenvalue weighted by Gasteiger charge is 2.34. The maximum atomic E-state index is 15.1. The predicted molar refractivity (Wildman–Crippen MR) is 151 cm³/mol. The summed E-state index contributed by atoms with van der Waals surface area (Å²) in [6.45, 7) is 3.54. The number of aromatic nitrogens is 2. The molecule has 4 rings (SSSR count). The van der Waals surface area contributed by atoms with Gasteiger partial charge in [0.1, 0.15) is 11.4 Å². The number of carbonyl (C=O) groups excluding carboxylic acids is 1. The molecular weight excluding hydrogens is 514 g/mol. The minimum absolute atomic E-state index is 0. The first kappa shape index (κ1) is 31.3. The van der Waals surface area contributed by atoms with Crippen molar-refractivity contribution in [2.75, 3.05) is 26.7 Å². The van der Waals surface area contributed by atoms with E-state index < -0.39 is 5.67 Å². The molecule has 2 fully saturated rings. The van der Waals surface area contributed by atoms with Gasteiger partial charge < -0.3 is 15.0 Å². The summed E-state index contributed by atoms with van der Waals surface area (Å²) in [5.74, 6) is 0.496. The average molecular weight is 556 g/mol. The maximum absolute atomic E-state index is 15.1. The Hall–Kier alpha value is -1.96. The van der Waals surface area contributed by atoms with E-state index in [-0.39, 0.29) is 43.0 Å². The van der Waals surface area contributed by atoms with Gasteiger partial charge in [-0.05, 0) is 82.2 Å². The lowest BCUT2D eigenvalue weighted by Crippen LogP contribution is -2.47. The SMILES string of the molecule is CCCCc1nnc(C(=O)NCC2(F)CCN(C)CC2)cc1-c1ccc(OC2CCCCC2)cc1.Cl.Cl. The highest BCUT2D eigenvalue weighted by molar-refractivity contribution is 5.93. The summed E-state index contributed by atoms with van der Waals surface area (Å²) in [5.41, 5.74) is 1.61. The molecule has 1 aromatic heterocycles. The van der Waals surface area contributed by atoms with E-state index >= 15 is 4.39 Å². The Labute approximate surface area is 233 Å². The number of ether oxygens (including phenoxy) is 1. The fourth-order valence-electron chi connectivity index (χ4n) is 4.92. The number of benzene rings is 1. The zero-order valence-corrected chi connectivity index (χ0v) is 23.6. The number of hydrogen-bond donors (Lipinski definition) is 1. The number of hydrogen-bond acceptors (Lipinski definition) is 5. The third-order valence-electron chi connectivity index (χ3n) is 7.34. The van der Waals surface area contributed by atoms with Crippen LogP contribution in [0.15, 0.2) is 30.3 Å². The summed E-state index contributed by atoms with van der Waals surface area (Å²) in [4.78, 5) is 15.0. The molecule has 1 amide bonds. The molecule has 1 saturated carbocycles. The molecule has 37 heavy (non-hydrogen) atoms. The van der Waals surface area contributed by atoms with Gasteiger partial charge in [-0.2, -0.15) is 5.10 Å². The van der Waals surface area contributed by atoms with Crippen LogP contribution in [0.1, 0.15) is 80.9 Å². The first-order valence-corrected chi connectivity index (χ1v) is 13.2. The summed E-state index contributed by atoms with van der Waals surface area (Å²) < 4.78 is 21.3. The molecule has 6 nitrogen and oxygen atoms in total. The van der Waals surface area contributed by atoms with Gasteiger partial charge in [0.2, 0.25) is 0 Å². The Morgan fingerprint density at radius 1 is 1.11 bits per heavy atom. The summed E-state index contributed by atoms with van der Waals surface area (Å²) in [6, 6.07) is 9.86. The Kier molecular flexibility index (Phi) is 12.5. The van der Waals surface area contributed by atoms with Crippen molar-refractivity contribution in [3.05, 3.63) is 41.7 Å². The number of piperidine rings is 1. The molecular formula is C28H41Cl2FN4O2. The van der Waals surface area contributed by atoms with Crippen molar-refractivity contribution < 1.29 is 13.9 Å². The first-order chi connectivity index (χ1) is 17.0. The summed E-state index contributed by atoms with van der Waals surface area (Å²) in [5, 5.41) is 11.4. The highest BCUT2D eigenvalue weighted by atomic mass is 35.5. The lowest BCUT2D eigenvalue weighted by Gasteiger charge is -2.34. The molecule has 1 aromatic carbocycles. The second-order valence-electron chi connectivity index (χ2n) is 10.2. The van der Waals surface area contributed by atoms with E-state index in [0.717, 1.165) is 54.7 Å². The monoisotopic (exact) mass is 554 g/mol. The third-order valence-corrected chi connectivity index (χ3v) is 7.34. The lowest BCUT2D eigenvalue weighted by molar-refractivity contribution is 0.0627. The standard InChI is InChI=1S/C28H39FN4O2.2ClH/c1-3-4-10-25-24(21-11-13-23(14-12-21)35-22-8-6-5-7-9-22)19-26(32-31-25)27(34)30-20-28(29)15-17-33(2)18-16-28;;/h11-14,19,22H,3-10,15-18,20H2,1-2H3,(H,30,34);2*1H. The van der Waals surface area contributed by atoms with Crippen molar-refractivity contribution in [2.45, 2.75) is 82.9 Å². The second-order valence-corrected chi connectivity index (χ2v) is 10.2. The van der Waals surface area contributed by atoms with Gasteiger partial charge in [0, 0.05) is 18.7 Å². The van der Waals surface area contributed by atoms with Gasteiger partial charge in [-0.15, -0.1) is 29.9 Å². The number of nitrogens with one attached hydrogen (secondary N) is 1. The van der Waals surface area contributed by atoms with E-state index in [2.05, 4.69) is 27.3 Å². The first-order valence-electron chi connectivity index (χ1n) is 13.2. The van der Waals surface area contributed by atoms with E-state index in [9.17, 15) is 4.79 Å². The van der Waals surface area contributed by atoms with Crippen LogP contribution in [0.25, 0.3) is 11.1 Å². The van der Waals surface area contributed by atoms with Crippen LogP contribution in [0.2, 0.25) is 0 Å². The fourth-order valence-corrected chi connectivity index (χ4v) is 4.92. The molecule has 2 aliphatic rings. The van der Waals surface area contributed by atoms with Crippen molar-refractivity contribution in [3.8, 4) is 16.9 Å². The normalized spacial score (nSPS) is 17.8. The molecule has 0 spiro atoms. The van der Waals surface area contributed by atoms with E-state index in [4.69, 9.17) is 4.74 Å². The number of rotatable bonds is 9. The van der Waals surface area contributed by atoms with Crippen molar-refractivity contribution in [1.82, 2.24) is 20.4 Å². The average Bonchev–Trinajstić information content (AvgIpc) is 2.89. The molecule has 206 valence electrons. The molecule has 1 saturated heterocycles. The van der Waals surface area contributed by atoms with Gasteiger partial charge in [0.15, 0.2) is 5.69 Å². The zero-order valence-electron chi connectivity index (χ0n) is 22.0. The highest BCUT2D eigenvalue weighted by Crippen LogP contribution is 2.29. The fraction of sp³-hybridized carbons (Fsp3) is 0.607. The minimum Gasteiger partial charge on any atom is -0.490 e. The largest absolute Gasteiger partial charge is 0.490 e. The molecule has 2 heterocycles. The van der Waals surface area contributed by atoms with E-state index in [1.165, 1.54) is 19.3 Å². The quantitative estimate of drug-likeness (QED) is 0.399. The summed E-state index contributed by atoms with van der Waals surface area (Å²) in [6.07, 6.45) is 9.98. The number of carbonyl (C=O) groups is 1. The van der Waals surface area contributed by atoms with Crippen molar-refractivity contribution in [2.24, 2.45) is 0 Å². The number of halogens is 3. The number of likely N-dealkylation sites (tertiary alicyclic amines) is 1. The molecule has 1 aliphatic heterocycles. The second kappa shape index (κ2) is 14.8. The van der Waals surface area contributed by atoms with Crippen LogP contribution < -0.4 is 10.1 Å². The molecule has 0 bridgehead atoms. The number of aryl methyl sites for hydroxylation is 1. The van der Waals surface area contributed by atoms with Crippen molar-refractivity contribution in [1.29, 1.82) is 0 Å². The van der Waals surface area contributed by atoms with Crippen molar-refractivity contribution in [3.63, 3.8) is 0 Å². The Bertz CT molecular complexity index is 979. The van der Waals surface area contributed by atoms with E-state index in [1.54, 1.807) is 6.07 Å². The minimum atomic E-state index is -1.37. The number of unbranched alkanes of at least 4 members (excludes halogenated alkanes) is 1. The van der Waals surface area contributed by atoms with Crippen LogP contribution in [0.4, 0.5) is 4.39 Å². The number of amides is 1. The van der Waals surface area contributed by atoms with Gasteiger partial charge in [-0.25, -0.2) is 4.39 Å². The van der Waals surface area contributed by atoms with Crippen LogP contribution in [0.5, 0.6) is 5.75 Å². The lowest BCUT2D eigenvalue weighted by atomic mass is 9.93. The molecule has 9 heteroatoms.